The largest absolute Gasteiger partial charge is 0.312 e. The summed E-state index contributed by atoms with van der Waals surface area (Å²) >= 11 is 0. The maximum Gasteiger partial charge on any atom is 0.00970 e. The molecule has 0 radical (unpaired) electrons. The van der Waals surface area contributed by atoms with Crippen LogP contribution in [0.5, 0.6) is 0 Å². The van der Waals surface area contributed by atoms with Gasteiger partial charge in [0, 0.05) is 24.7 Å². The summed E-state index contributed by atoms with van der Waals surface area (Å²) in [6.07, 6.45) is 1.37. The van der Waals surface area contributed by atoms with Crippen molar-refractivity contribution >= 4 is 0 Å². The second-order valence-electron chi connectivity index (χ2n) is 4.95. The Morgan fingerprint density at radius 2 is 1.83 bits per heavy atom. The van der Waals surface area contributed by atoms with Gasteiger partial charge in [-0.25, -0.2) is 0 Å². The molecule has 0 aromatic heterocycles. The standard InChI is InChI=1S/C10H22N2/c1-8-7-9(8)11-5-6-12-10(2,3)4/h8-9,11-12H,5-7H2,1-4H3. The fourth-order valence-electron chi connectivity index (χ4n) is 1.30. The lowest BCUT2D eigenvalue weighted by Gasteiger charge is -2.20. The van der Waals surface area contributed by atoms with Crippen LogP contribution >= 0.6 is 0 Å². The summed E-state index contributed by atoms with van der Waals surface area (Å²) in [6, 6.07) is 0.812. The summed E-state index contributed by atoms with van der Waals surface area (Å²) in [5.41, 5.74) is 0.261. The van der Waals surface area contributed by atoms with Crippen molar-refractivity contribution in [3.8, 4) is 0 Å². The zero-order valence-corrected chi connectivity index (χ0v) is 8.78. The molecular weight excluding hydrogens is 148 g/mol. The molecule has 1 aliphatic carbocycles. The van der Waals surface area contributed by atoms with Crippen molar-refractivity contribution in [2.75, 3.05) is 13.1 Å². The second-order valence-corrected chi connectivity index (χ2v) is 4.95. The smallest absolute Gasteiger partial charge is 0.00970 e. The molecule has 1 saturated carbocycles. The fraction of sp³-hybridized carbons (Fsp3) is 1.00. The Morgan fingerprint density at radius 3 is 2.25 bits per heavy atom. The highest BCUT2D eigenvalue weighted by atomic mass is 15.0. The Bertz CT molecular complexity index is 137. The molecule has 0 heterocycles. The molecule has 12 heavy (non-hydrogen) atoms. The van der Waals surface area contributed by atoms with Crippen LogP contribution in [0.2, 0.25) is 0 Å². The van der Waals surface area contributed by atoms with E-state index >= 15 is 0 Å². The summed E-state index contributed by atoms with van der Waals surface area (Å²) in [5.74, 6) is 0.916. The van der Waals surface area contributed by atoms with Crippen molar-refractivity contribution < 1.29 is 0 Å². The second kappa shape index (κ2) is 3.75. The number of hydrogen-bond acceptors (Lipinski definition) is 2. The molecule has 1 aliphatic rings. The Balaban J connectivity index is 1.90. The highest BCUT2D eigenvalue weighted by molar-refractivity contribution is 4.89. The van der Waals surface area contributed by atoms with E-state index in [2.05, 4.69) is 38.3 Å². The summed E-state index contributed by atoms with van der Waals surface area (Å²) < 4.78 is 0. The Kier molecular flexibility index (Phi) is 3.13. The van der Waals surface area contributed by atoms with Crippen LogP contribution in [-0.2, 0) is 0 Å². The molecule has 0 aromatic carbocycles. The van der Waals surface area contributed by atoms with Crippen LogP contribution in [0.4, 0.5) is 0 Å². The first-order chi connectivity index (χ1) is 5.49. The van der Waals surface area contributed by atoms with Gasteiger partial charge >= 0.3 is 0 Å². The SMILES string of the molecule is CC1CC1NCCNC(C)(C)C. The maximum atomic E-state index is 3.52. The van der Waals surface area contributed by atoms with Crippen molar-refractivity contribution in [3.63, 3.8) is 0 Å². The molecule has 1 rings (SSSR count). The summed E-state index contributed by atoms with van der Waals surface area (Å²) in [5, 5.41) is 6.97. The van der Waals surface area contributed by atoms with E-state index in [9.17, 15) is 0 Å². The number of rotatable bonds is 4. The molecule has 72 valence electrons. The molecule has 2 heteroatoms. The molecule has 2 nitrogen and oxygen atoms in total. The van der Waals surface area contributed by atoms with E-state index in [-0.39, 0.29) is 5.54 Å². The minimum Gasteiger partial charge on any atom is -0.312 e. The van der Waals surface area contributed by atoms with Crippen LogP contribution in [0.15, 0.2) is 0 Å². The minimum absolute atomic E-state index is 0.261. The van der Waals surface area contributed by atoms with Gasteiger partial charge < -0.3 is 10.6 Å². The van der Waals surface area contributed by atoms with E-state index in [1.807, 2.05) is 0 Å². The molecule has 0 aliphatic heterocycles. The summed E-state index contributed by atoms with van der Waals surface area (Å²) in [4.78, 5) is 0. The first kappa shape index (κ1) is 10.0. The third kappa shape index (κ3) is 4.07. The number of nitrogens with one attached hydrogen (secondary N) is 2. The third-order valence-electron chi connectivity index (χ3n) is 2.30. The zero-order valence-electron chi connectivity index (χ0n) is 8.78. The molecule has 0 saturated heterocycles. The van der Waals surface area contributed by atoms with Gasteiger partial charge in [-0.05, 0) is 33.1 Å². The van der Waals surface area contributed by atoms with Crippen molar-refractivity contribution in [2.24, 2.45) is 5.92 Å². The van der Waals surface area contributed by atoms with Crippen molar-refractivity contribution in [1.82, 2.24) is 10.6 Å². The van der Waals surface area contributed by atoms with Gasteiger partial charge in [-0.3, -0.25) is 0 Å². The summed E-state index contributed by atoms with van der Waals surface area (Å²) in [6.45, 7) is 11.1. The average Bonchev–Trinajstić information content (AvgIpc) is 2.57. The van der Waals surface area contributed by atoms with Crippen LogP contribution in [0, 0.1) is 5.92 Å². The average molecular weight is 170 g/mol. The molecule has 2 unspecified atom stereocenters. The predicted octanol–water partition coefficient (Wildman–Crippen LogP) is 1.37. The van der Waals surface area contributed by atoms with Crippen LogP contribution in [0.25, 0.3) is 0 Å². The van der Waals surface area contributed by atoms with Gasteiger partial charge in [-0.15, -0.1) is 0 Å². The third-order valence-corrected chi connectivity index (χ3v) is 2.30. The van der Waals surface area contributed by atoms with Gasteiger partial charge in [0.05, 0.1) is 0 Å². The van der Waals surface area contributed by atoms with Crippen LogP contribution in [0.3, 0.4) is 0 Å². The first-order valence-electron chi connectivity index (χ1n) is 4.97. The van der Waals surface area contributed by atoms with Crippen LogP contribution in [0.1, 0.15) is 34.1 Å². The van der Waals surface area contributed by atoms with E-state index in [1.165, 1.54) is 6.42 Å². The van der Waals surface area contributed by atoms with Gasteiger partial charge in [-0.1, -0.05) is 6.92 Å². The van der Waals surface area contributed by atoms with Crippen molar-refractivity contribution in [3.05, 3.63) is 0 Å². The lowest BCUT2D eigenvalue weighted by molar-refractivity contribution is 0.420. The molecule has 2 atom stereocenters. The molecule has 1 fully saturated rings. The Hall–Kier alpha value is -0.0800. The van der Waals surface area contributed by atoms with Gasteiger partial charge in [-0.2, -0.15) is 0 Å². The quantitative estimate of drug-likeness (QED) is 0.623. The van der Waals surface area contributed by atoms with E-state index in [4.69, 9.17) is 0 Å². The molecule has 0 spiro atoms. The minimum atomic E-state index is 0.261. The van der Waals surface area contributed by atoms with E-state index < -0.39 is 0 Å². The molecular formula is C10H22N2. The van der Waals surface area contributed by atoms with Gasteiger partial charge in [0.25, 0.3) is 0 Å². The Morgan fingerprint density at radius 1 is 1.25 bits per heavy atom. The van der Waals surface area contributed by atoms with Crippen LogP contribution < -0.4 is 10.6 Å². The number of hydrogen-bond donors (Lipinski definition) is 2. The van der Waals surface area contributed by atoms with Gasteiger partial charge in [0.15, 0.2) is 0 Å². The molecule has 0 amide bonds. The normalized spacial score (nSPS) is 29.0. The van der Waals surface area contributed by atoms with Crippen molar-refractivity contribution in [1.29, 1.82) is 0 Å². The topological polar surface area (TPSA) is 24.1 Å². The lowest BCUT2D eigenvalue weighted by Crippen LogP contribution is -2.40. The van der Waals surface area contributed by atoms with Crippen LogP contribution in [-0.4, -0.2) is 24.7 Å². The van der Waals surface area contributed by atoms with E-state index in [1.54, 1.807) is 0 Å². The highest BCUT2D eigenvalue weighted by Crippen LogP contribution is 2.28. The zero-order chi connectivity index (χ0) is 9.19. The fourth-order valence-corrected chi connectivity index (χ4v) is 1.30. The Labute approximate surface area is 76.1 Å². The first-order valence-corrected chi connectivity index (χ1v) is 4.97. The summed E-state index contributed by atoms with van der Waals surface area (Å²) in [7, 11) is 0. The monoisotopic (exact) mass is 170 g/mol. The van der Waals surface area contributed by atoms with Gasteiger partial charge in [0.2, 0.25) is 0 Å². The predicted molar refractivity (Wildman–Crippen MR) is 53.3 cm³/mol. The molecule has 0 bridgehead atoms. The van der Waals surface area contributed by atoms with Crippen molar-refractivity contribution in [2.45, 2.75) is 45.7 Å². The lowest BCUT2D eigenvalue weighted by atomic mass is 10.1. The molecule has 0 aromatic rings. The van der Waals surface area contributed by atoms with Gasteiger partial charge in [0.1, 0.15) is 0 Å². The highest BCUT2D eigenvalue weighted by Gasteiger charge is 2.31. The van der Waals surface area contributed by atoms with E-state index in [0.29, 0.717) is 0 Å². The molecule has 2 N–H and O–H groups in total. The maximum absolute atomic E-state index is 3.52. The van der Waals surface area contributed by atoms with E-state index in [0.717, 1.165) is 25.0 Å².